The monoisotopic (exact) mass is 200 g/mol. The summed E-state index contributed by atoms with van der Waals surface area (Å²) in [5.74, 6) is -0.865. The van der Waals surface area contributed by atoms with Crippen LogP contribution in [0.2, 0.25) is 0 Å². The van der Waals surface area contributed by atoms with Crippen LogP contribution in [0.3, 0.4) is 0 Å². The van der Waals surface area contributed by atoms with Crippen molar-refractivity contribution in [2.75, 3.05) is 14.1 Å². The van der Waals surface area contributed by atoms with Crippen LogP contribution < -0.4 is 0 Å². The Kier molecular flexibility index (Phi) is 3.00. The standard InChI is InChI=1S/C8H12N2O2S/c1-5-9-6(4-13-5)7(8(11)12)10(2)3/h4,7H,1-3H3,(H,11,12). The van der Waals surface area contributed by atoms with Crippen molar-refractivity contribution in [3.63, 3.8) is 0 Å². The lowest BCUT2D eigenvalue weighted by Gasteiger charge is -2.17. The number of carboxylic acids is 1. The summed E-state index contributed by atoms with van der Waals surface area (Å²) in [7, 11) is 3.46. The van der Waals surface area contributed by atoms with Gasteiger partial charge in [0.15, 0.2) is 6.04 Å². The maximum atomic E-state index is 10.9. The summed E-state index contributed by atoms with van der Waals surface area (Å²) in [5, 5.41) is 11.6. The predicted molar refractivity (Wildman–Crippen MR) is 50.9 cm³/mol. The van der Waals surface area contributed by atoms with Crippen LogP contribution in [0.15, 0.2) is 5.38 Å². The van der Waals surface area contributed by atoms with E-state index in [0.717, 1.165) is 5.01 Å². The molecule has 0 amide bonds. The van der Waals surface area contributed by atoms with E-state index in [2.05, 4.69) is 4.98 Å². The number of hydrogen-bond donors (Lipinski definition) is 1. The first-order chi connectivity index (χ1) is 6.02. The lowest BCUT2D eigenvalue weighted by Crippen LogP contribution is -2.27. The Balaban J connectivity index is 2.95. The summed E-state index contributed by atoms with van der Waals surface area (Å²) in [5.41, 5.74) is 0.611. The predicted octanol–water partition coefficient (Wildman–Crippen LogP) is 1.14. The topological polar surface area (TPSA) is 53.4 Å². The zero-order valence-corrected chi connectivity index (χ0v) is 8.63. The van der Waals surface area contributed by atoms with Crippen LogP contribution in [0.4, 0.5) is 0 Å². The molecule has 4 nitrogen and oxygen atoms in total. The number of rotatable bonds is 3. The van der Waals surface area contributed by atoms with Gasteiger partial charge in [0.05, 0.1) is 10.7 Å². The van der Waals surface area contributed by atoms with Crippen molar-refractivity contribution < 1.29 is 9.90 Å². The quantitative estimate of drug-likeness (QED) is 0.795. The largest absolute Gasteiger partial charge is 0.480 e. The van der Waals surface area contributed by atoms with Gasteiger partial charge in [-0.05, 0) is 21.0 Å². The SMILES string of the molecule is Cc1nc(C(C(=O)O)N(C)C)cs1. The minimum absolute atomic E-state index is 0.611. The number of aromatic nitrogens is 1. The number of carboxylic acid groups (broad SMARTS) is 1. The van der Waals surface area contributed by atoms with E-state index in [1.165, 1.54) is 11.3 Å². The molecule has 1 atom stereocenters. The first kappa shape index (κ1) is 10.1. The van der Waals surface area contributed by atoms with E-state index in [4.69, 9.17) is 5.11 Å². The van der Waals surface area contributed by atoms with Gasteiger partial charge >= 0.3 is 5.97 Å². The van der Waals surface area contributed by atoms with Gasteiger partial charge in [-0.3, -0.25) is 9.69 Å². The normalized spacial score (nSPS) is 13.2. The van der Waals surface area contributed by atoms with Gasteiger partial charge in [0.25, 0.3) is 0 Å². The fraction of sp³-hybridized carbons (Fsp3) is 0.500. The highest BCUT2D eigenvalue weighted by Crippen LogP contribution is 2.20. The molecule has 0 aromatic carbocycles. The van der Waals surface area contributed by atoms with E-state index in [1.807, 2.05) is 6.92 Å². The lowest BCUT2D eigenvalue weighted by molar-refractivity contribution is -0.142. The maximum absolute atomic E-state index is 10.9. The minimum Gasteiger partial charge on any atom is -0.480 e. The second-order valence-corrected chi connectivity index (χ2v) is 4.06. The Morgan fingerprint density at radius 3 is 2.62 bits per heavy atom. The highest BCUT2D eigenvalue weighted by atomic mass is 32.1. The summed E-state index contributed by atoms with van der Waals surface area (Å²) >= 11 is 1.47. The van der Waals surface area contributed by atoms with Gasteiger partial charge in [0, 0.05) is 5.38 Å². The van der Waals surface area contributed by atoms with Crippen LogP contribution in [-0.2, 0) is 4.79 Å². The van der Waals surface area contributed by atoms with Gasteiger partial charge < -0.3 is 5.11 Å². The number of hydrogen-bond acceptors (Lipinski definition) is 4. The molecule has 1 heterocycles. The number of thiazole rings is 1. The molecule has 0 aliphatic rings. The molecular weight excluding hydrogens is 188 g/mol. The molecule has 0 saturated carbocycles. The Morgan fingerprint density at radius 1 is 1.69 bits per heavy atom. The van der Waals surface area contributed by atoms with Crippen molar-refractivity contribution in [3.8, 4) is 0 Å². The molecule has 0 spiro atoms. The fourth-order valence-corrected chi connectivity index (χ4v) is 1.75. The molecular formula is C8H12N2O2S. The maximum Gasteiger partial charge on any atom is 0.327 e. The number of likely N-dealkylation sites (N-methyl/N-ethyl adjacent to an activating group) is 1. The van der Waals surface area contributed by atoms with Crippen LogP contribution in [-0.4, -0.2) is 35.1 Å². The minimum atomic E-state index is -0.865. The highest BCUT2D eigenvalue weighted by molar-refractivity contribution is 7.09. The van der Waals surface area contributed by atoms with Crippen LogP contribution in [0.5, 0.6) is 0 Å². The van der Waals surface area contributed by atoms with Crippen molar-refractivity contribution in [3.05, 3.63) is 16.1 Å². The van der Waals surface area contributed by atoms with E-state index < -0.39 is 12.0 Å². The average Bonchev–Trinajstić information content (AvgIpc) is 2.34. The summed E-state index contributed by atoms with van der Waals surface area (Å²) in [6.45, 7) is 1.86. The van der Waals surface area contributed by atoms with Crippen molar-refractivity contribution >= 4 is 17.3 Å². The van der Waals surface area contributed by atoms with Crippen molar-refractivity contribution in [1.82, 2.24) is 9.88 Å². The highest BCUT2D eigenvalue weighted by Gasteiger charge is 2.24. The summed E-state index contributed by atoms with van der Waals surface area (Å²) in [4.78, 5) is 16.7. The third-order valence-corrected chi connectivity index (χ3v) is 2.46. The Hall–Kier alpha value is -0.940. The molecule has 0 aliphatic carbocycles. The first-order valence-electron chi connectivity index (χ1n) is 3.83. The van der Waals surface area contributed by atoms with Gasteiger partial charge in [-0.15, -0.1) is 11.3 Å². The Bertz CT molecular complexity index is 309. The van der Waals surface area contributed by atoms with Gasteiger partial charge in [-0.2, -0.15) is 0 Å². The molecule has 13 heavy (non-hydrogen) atoms. The van der Waals surface area contributed by atoms with Gasteiger partial charge in [-0.25, -0.2) is 4.98 Å². The molecule has 1 unspecified atom stereocenters. The molecule has 0 aliphatic heterocycles. The lowest BCUT2D eigenvalue weighted by atomic mass is 10.2. The second-order valence-electron chi connectivity index (χ2n) is 3.00. The summed E-state index contributed by atoms with van der Waals surface area (Å²) in [6.07, 6.45) is 0. The molecule has 1 rings (SSSR count). The van der Waals surface area contributed by atoms with Crippen molar-refractivity contribution in [1.29, 1.82) is 0 Å². The zero-order chi connectivity index (χ0) is 10.0. The molecule has 1 aromatic heterocycles. The molecule has 72 valence electrons. The van der Waals surface area contributed by atoms with Gasteiger partial charge in [0.2, 0.25) is 0 Å². The van der Waals surface area contributed by atoms with E-state index in [9.17, 15) is 4.79 Å². The third kappa shape index (κ3) is 2.26. The van der Waals surface area contributed by atoms with E-state index >= 15 is 0 Å². The summed E-state index contributed by atoms with van der Waals surface area (Å²) < 4.78 is 0. The Labute approximate surface area is 80.8 Å². The van der Waals surface area contributed by atoms with Gasteiger partial charge in [-0.1, -0.05) is 0 Å². The average molecular weight is 200 g/mol. The number of aliphatic carboxylic acids is 1. The second kappa shape index (κ2) is 3.85. The molecule has 5 heteroatoms. The van der Waals surface area contributed by atoms with E-state index in [-0.39, 0.29) is 0 Å². The van der Waals surface area contributed by atoms with E-state index in [1.54, 1.807) is 24.4 Å². The molecule has 1 aromatic rings. The number of nitrogens with zero attached hydrogens (tertiary/aromatic N) is 2. The molecule has 0 saturated heterocycles. The molecule has 0 bridgehead atoms. The zero-order valence-electron chi connectivity index (χ0n) is 7.81. The van der Waals surface area contributed by atoms with Crippen LogP contribution in [0.1, 0.15) is 16.7 Å². The van der Waals surface area contributed by atoms with Crippen LogP contribution >= 0.6 is 11.3 Å². The van der Waals surface area contributed by atoms with Crippen LogP contribution in [0.25, 0.3) is 0 Å². The summed E-state index contributed by atoms with van der Waals surface area (Å²) in [6, 6.07) is -0.634. The third-order valence-electron chi connectivity index (χ3n) is 1.67. The number of aryl methyl sites for hydroxylation is 1. The molecule has 0 radical (unpaired) electrons. The molecule has 1 N–H and O–H groups in total. The Morgan fingerprint density at radius 2 is 2.31 bits per heavy atom. The van der Waals surface area contributed by atoms with Crippen molar-refractivity contribution in [2.24, 2.45) is 0 Å². The van der Waals surface area contributed by atoms with Gasteiger partial charge in [0.1, 0.15) is 0 Å². The van der Waals surface area contributed by atoms with Crippen LogP contribution in [0, 0.1) is 6.92 Å². The van der Waals surface area contributed by atoms with Crippen molar-refractivity contribution in [2.45, 2.75) is 13.0 Å². The molecule has 0 fully saturated rings. The number of carbonyl (C=O) groups is 1. The fourth-order valence-electron chi connectivity index (χ4n) is 1.12. The first-order valence-corrected chi connectivity index (χ1v) is 4.71. The van der Waals surface area contributed by atoms with E-state index in [0.29, 0.717) is 5.69 Å². The smallest absolute Gasteiger partial charge is 0.327 e.